The number of nitrogens with one attached hydrogen (secondary N) is 2. The molecule has 98 valence electrons. The van der Waals surface area contributed by atoms with Crippen LogP contribution in [0.2, 0.25) is 0 Å². The molecule has 0 atom stereocenters. The Morgan fingerprint density at radius 2 is 1.35 bits per heavy atom. The monoisotopic (exact) mass is 299 g/mol. The van der Waals surface area contributed by atoms with Gasteiger partial charge in [-0.25, -0.2) is 8.42 Å². The number of amides is 1. The molecule has 2 aromatic carbocycles. The summed E-state index contributed by atoms with van der Waals surface area (Å²) in [5.41, 5.74) is 2.53. The van der Waals surface area contributed by atoms with Crippen molar-refractivity contribution in [3.8, 4) is 0 Å². The third-order valence-corrected chi connectivity index (χ3v) is 3.65. The summed E-state index contributed by atoms with van der Waals surface area (Å²) in [4.78, 5) is 13.8. The van der Waals surface area contributed by atoms with Crippen LogP contribution in [0.15, 0.2) is 65.6 Å². The van der Waals surface area contributed by atoms with Gasteiger partial charge in [0, 0.05) is 5.56 Å². The maximum atomic E-state index is 11.8. The first-order chi connectivity index (χ1) is 9.09. The number of benzene rings is 2. The number of hydrazine groups is 1. The average Bonchev–Trinajstić information content (AvgIpc) is 2.47. The topological polar surface area (TPSA) is 75.3 Å². The minimum atomic E-state index is -3.75. The second-order valence-electron chi connectivity index (χ2n) is 3.74. The maximum absolute atomic E-state index is 11.8. The minimum absolute atomic E-state index is 0. The van der Waals surface area contributed by atoms with Crippen LogP contribution in [-0.4, -0.2) is 14.3 Å². The van der Waals surface area contributed by atoms with Crippen LogP contribution in [0.1, 0.15) is 10.4 Å². The van der Waals surface area contributed by atoms with Crippen molar-refractivity contribution < 1.29 is 42.8 Å². The van der Waals surface area contributed by atoms with Gasteiger partial charge in [0.25, 0.3) is 15.9 Å². The van der Waals surface area contributed by atoms with Crippen molar-refractivity contribution in [2.45, 2.75) is 4.90 Å². The van der Waals surface area contributed by atoms with E-state index < -0.39 is 15.9 Å². The normalized spacial score (nSPS) is 10.4. The SMILES string of the molecule is O=C(NNS(=O)(=O)c1ccccc1)c1ccccc1.[Na+]. The van der Waals surface area contributed by atoms with Crippen LogP contribution < -0.4 is 39.8 Å². The molecule has 0 saturated carbocycles. The molecule has 2 aromatic rings. The van der Waals surface area contributed by atoms with Gasteiger partial charge in [0.05, 0.1) is 4.90 Å². The Balaban J connectivity index is 0.00000200. The molecular formula is C13H12N2NaO3S+. The molecular weight excluding hydrogens is 287 g/mol. The fraction of sp³-hybridized carbons (Fsp3) is 0. The molecule has 2 N–H and O–H groups in total. The van der Waals surface area contributed by atoms with E-state index in [1.807, 2.05) is 4.83 Å². The van der Waals surface area contributed by atoms with Crippen LogP contribution >= 0.6 is 0 Å². The second kappa shape index (κ2) is 7.56. The smallest absolute Gasteiger partial charge is 0.273 e. The Morgan fingerprint density at radius 3 is 1.90 bits per heavy atom. The van der Waals surface area contributed by atoms with E-state index in [1.165, 1.54) is 12.1 Å². The van der Waals surface area contributed by atoms with E-state index in [9.17, 15) is 13.2 Å². The summed E-state index contributed by atoms with van der Waals surface area (Å²) in [6.45, 7) is 0. The number of hydrogen-bond donors (Lipinski definition) is 2. The third-order valence-electron chi connectivity index (χ3n) is 2.39. The molecule has 0 unspecified atom stereocenters. The molecule has 0 bridgehead atoms. The quantitative estimate of drug-likeness (QED) is 0.523. The van der Waals surface area contributed by atoms with Crippen molar-refractivity contribution in [3.63, 3.8) is 0 Å². The van der Waals surface area contributed by atoms with Crippen LogP contribution in [-0.2, 0) is 10.0 Å². The van der Waals surface area contributed by atoms with E-state index in [-0.39, 0.29) is 34.5 Å². The Morgan fingerprint density at radius 1 is 0.850 bits per heavy atom. The zero-order valence-corrected chi connectivity index (χ0v) is 13.7. The van der Waals surface area contributed by atoms with Crippen LogP contribution in [0, 0.1) is 0 Å². The maximum Gasteiger partial charge on any atom is 1.00 e. The van der Waals surface area contributed by atoms with Gasteiger partial charge in [0.15, 0.2) is 0 Å². The third kappa shape index (κ3) is 4.43. The van der Waals surface area contributed by atoms with Gasteiger partial charge in [-0.2, -0.15) is 0 Å². The molecule has 0 aliphatic heterocycles. The van der Waals surface area contributed by atoms with Gasteiger partial charge in [0.2, 0.25) is 0 Å². The van der Waals surface area contributed by atoms with E-state index in [0.29, 0.717) is 5.56 Å². The van der Waals surface area contributed by atoms with E-state index in [4.69, 9.17) is 0 Å². The van der Waals surface area contributed by atoms with E-state index in [1.54, 1.807) is 48.5 Å². The largest absolute Gasteiger partial charge is 1.00 e. The first-order valence-electron chi connectivity index (χ1n) is 5.52. The van der Waals surface area contributed by atoms with Gasteiger partial charge in [0.1, 0.15) is 0 Å². The molecule has 0 heterocycles. The molecule has 0 radical (unpaired) electrons. The van der Waals surface area contributed by atoms with Crippen molar-refractivity contribution in [2.75, 3.05) is 0 Å². The summed E-state index contributed by atoms with van der Waals surface area (Å²) < 4.78 is 23.7. The van der Waals surface area contributed by atoms with Crippen LogP contribution in [0.4, 0.5) is 0 Å². The molecule has 0 spiro atoms. The second-order valence-corrected chi connectivity index (χ2v) is 5.42. The summed E-state index contributed by atoms with van der Waals surface area (Å²) in [6, 6.07) is 16.1. The van der Waals surface area contributed by atoms with Crippen molar-refractivity contribution in [1.29, 1.82) is 0 Å². The number of carbonyl (C=O) groups is 1. The number of carbonyl (C=O) groups excluding carboxylic acids is 1. The van der Waals surface area contributed by atoms with Crippen molar-refractivity contribution in [3.05, 3.63) is 66.2 Å². The van der Waals surface area contributed by atoms with Gasteiger partial charge < -0.3 is 0 Å². The summed E-state index contributed by atoms with van der Waals surface area (Å²) in [6.07, 6.45) is 0. The Kier molecular flexibility index (Phi) is 6.38. The first kappa shape index (κ1) is 16.9. The van der Waals surface area contributed by atoms with Gasteiger partial charge >= 0.3 is 29.6 Å². The molecule has 1 amide bonds. The minimum Gasteiger partial charge on any atom is -0.273 e. The molecule has 0 aliphatic rings. The van der Waals surface area contributed by atoms with E-state index in [2.05, 4.69) is 5.43 Å². The van der Waals surface area contributed by atoms with Gasteiger partial charge in [-0.3, -0.25) is 10.2 Å². The molecule has 0 aromatic heterocycles. The fourth-order valence-electron chi connectivity index (χ4n) is 1.43. The van der Waals surface area contributed by atoms with Crippen molar-refractivity contribution >= 4 is 15.9 Å². The fourth-order valence-corrected chi connectivity index (χ4v) is 2.29. The predicted octanol–water partition coefficient (Wildman–Crippen LogP) is -1.69. The summed E-state index contributed by atoms with van der Waals surface area (Å²) >= 11 is 0. The molecule has 20 heavy (non-hydrogen) atoms. The Labute approximate surface area is 139 Å². The molecule has 0 saturated heterocycles. The van der Waals surface area contributed by atoms with Gasteiger partial charge in [-0.05, 0) is 24.3 Å². The summed E-state index contributed by atoms with van der Waals surface area (Å²) in [5.74, 6) is -0.514. The molecule has 5 nitrogen and oxygen atoms in total. The predicted molar refractivity (Wildman–Crippen MR) is 70.7 cm³/mol. The van der Waals surface area contributed by atoms with Crippen LogP contribution in [0.3, 0.4) is 0 Å². The van der Waals surface area contributed by atoms with Crippen molar-refractivity contribution in [2.24, 2.45) is 0 Å². The zero-order valence-electron chi connectivity index (χ0n) is 10.9. The number of hydrogen-bond acceptors (Lipinski definition) is 3. The van der Waals surface area contributed by atoms with E-state index in [0.717, 1.165) is 0 Å². The summed E-state index contributed by atoms with van der Waals surface area (Å²) in [7, 11) is -3.75. The van der Waals surface area contributed by atoms with E-state index >= 15 is 0 Å². The van der Waals surface area contributed by atoms with Crippen LogP contribution in [0.5, 0.6) is 0 Å². The zero-order chi connectivity index (χ0) is 13.7. The Bertz CT molecular complexity index is 661. The molecule has 7 heteroatoms. The standard InChI is InChI=1S/C13H12N2O3S.Na/c16-13(11-7-3-1-4-8-11)14-15-19(17,18)12-9-5-2-6-10-12;/h1-10,15H,(H,14,16);/q;+1. The average molecular weight is 299 g/mol. The van der Waals surface area contributed by atoms with Crippen molar-refractivity contribution in [1.82, 2.24) is 10.3 Å². The number of rotatable bonds is 4. The summed E-state index contributed by atoms with van der Waals surface area (Å²) in [5, 5.41) is 0. The first-order valence-corrected chi connectivity index (χ1v) is 7.00. The van der Waals surface area contributed by atoms with Gasteiger partial charge in [-0.1, -0.05) is 36.4 Å². The molecule has 0 fully saturated rings. The Hall–Kier alpha value is -1.18. The van der Waals surface area contributed by atoms with Gasteiger partial charge in [-0.15, -0.1) is 4.83 Å². The molecule has 0 aliphatic carbocycles. The number of sulfonamides is 1. The molecule has 2 rings (SSSR count). The van der Waals surface area contributed by atoms with Crippen LogP contribution in [0.25, 0.3) is 0 Å².